The maximum atomic E-state index is 13.9. The molecule has 1 aliphatic carbocycles. The van der Waals surface area contributed by atoms with E-state index in [9.17, 15) is 18.4 Å². The Morgan fingerprint density at radius 2 is 1.61 bits per heavy atom. The van der Waals surface area contributed by atoms with Gasteiger partial charge in [-0.3, -0.25) is 9.59 Å². The number of hydrogen-bond acceptors (Lipinski definition) is 4. The Labute approximate surface area is 209 Å². The van der Waals surface area contributed by atoms with Crippen LogP contribution in [0.15, 0.2) is 66.7 Å². The predicted molar refractivity (Wildman–Crippen MR) is 134 cm³/mol. The van der Waals surface area contributed by atoms with Crippen LogP contribution in [0.5, 0.6) is 5.75 Å². The summed E-state index contributed by atoms with van der Waals surface area (Å²) < 4.78 is 33.1. The zero-order valence-electron chi connectivity index (χ0n) is 20.0. The van der Waals surface area contributed by atoms with Crippen molar-refractivity contribution in [2.24, 2.45) is 5.73 Å². The average Bonchev–Trinajstić information content (AvgIpc) is 2.87. The van der Waals surface area contributed by atoms with Gasteiger partial charge in [-0.1, -0.05) is 30.3 Å². The second-order valence-electron chi connectivity index (χ2n) is 8.97. The van der Waals surface area contributed by atoms with Crippen molar-refractivity contribution in [1.82, 2.24) is 4.90 Å². The van der Waals surface area contributed by atoms with Gasteiger partial charge in [0.05, 0.1) is 12.7 Å². The minimum atomic E-state index is -0.812. The number of anilines is 1. The van der Waals surface area contributed by atoms with Gasteiger partial charge in [0.2, 0.25) is 0 Å². The molecule has 0 unspecified atom stereocenters. The lowest BCUT2D eigenvalue weighted by molar-refractivity contribution is 0.0606. The van der Waals surface area contributed by atoms with Crippen molar-refractivity contribution in [1.29, 1.82) is 0 Å². The Bertz CT molecular complexity index is 1220. The van der Waals surface area contributed by atoms with Crippen LogP contribution in [0.3, 0.4) is 0 Å². The van der Waals surface area contributed by atoms with E-state index in [-0.39, 0.29) is 30.1 Å². The summed E-state index contributed by atoms with van der Waals surface area (Å²) in [6, 6.07) is 16.8. The molecule has 3 N–H and O–H groups in total. The SMILES string of the molecule is COc1ccccc1C(=O)Nc1ccccc1CN(C(=O)c1cc(F)cc(F)c1)C1CCC(N)CC1. The van der Waals surface area contributed by atoms with Crippen LogP contribution in [-0.4, -0.2) is 35.9 Å². The van der Waals surface area contributed by atoms with Crippen molar-refractivity contribution in [3.8, 4) is 5.75 Å². The lowest BCUT2D eigenvalue weighted by Crippen LogP contribution is -2.44. The highest BCUT2D eigenvalue weighted by Crippen LogP contribution is 2.28. The number of amides is 2. The second kappa shape index (κ2) is 11.3. The molecule has 0 bridgehead atoms. The Hall–Kier alpha value is -3.78. The summed E-state index contributed by atoms with van der Waals surface area (Å²) in [4.78, 5) is 28.2. The summed E-state index contributed by atoms with van der Waals surface area (Å²) in [6.45, 7) is 0.152. The van der Waals surface area contributed by atoms with Crippen LogP contribution in [0.2, 0.25) is 0 Å². The zero-order valence-corrected chi connectivity index (χ0v) is 20.0. The molecule has 0 aliphatic heterocycles. The smallest absolute Gasteiger partial charge is 0.259 e. The van der Waals surface area contributed by atoms with Crippen molar-refractivity contribution >= 4 is 17.5 Å². The van der Waals surface area contributed by atoms with Gasteiger partial charge in [0.25, 0.3) is 11.8 Å². The molecular weight excluding hydrogens is 464 g/mol. The van der Waals surface area contributed by atoms with Crippen LogP contribution in [0.25, 0.3) is 0 Å². The number of nitrogens with one attached hydrogen (secondary N) is 1. The fraction of sp³-hybridized carbons (Fsp3) is 0.286. The van der Waals surface area contributed by atoms with Gasteiger partial charge in [0, 0.05) is 35.9 Å². The summed E-state index contributed by atoms with van der Waals surface area (Å²) in [5.74, 6) is -2.01. The zero-order chi connectivity index (χ0) is 25.7. The molecule has 1 saturated carbocycles. The number of methoxy groups -OCH3 is 1. The van der Waals surface area contributed by atoms with Gasteiger partial charge in [-0.15, -0.1) is 0 Å². The molecule has 0 atom stereocenters. The van der Waals surface area contributed by atoms with Crippen molar-refractivity contribution in [3.05, 3.63) is 95.1 Å². The molecule has 0 heterocycles. The number of halogens is 2. The number of benzene rings is 3. The molecule has 36 heavy (non-hydrogen) atoms. The molecule has 0 saturated heterocycles. The number of carbonyl (C=O) groups excluding carboxylic acids is 2. The molecule has 1 aliphatic rings. The molecule has 3 aromatic rings. The molecule has 8 heteroatoms. The van der Waals surface area contributed by atoms with E-state index in [0.717, 1.165) is 31.0 Å². The first kappa shape index (κ1) is 25.3. The Kier molecular flexibility index (Phi) is 7.95. The van der Waals surface area contributed by atoms with Crippen molar-refractivity contribution < 1.29 is 23.1 Å². The van der Waals surface area contributed by atoms with E-state index >= 15 is 0 Å². The monoisotopic (exact) mass is 493 g/mol. The van der Waals surface area contributed by atoms with E-state index in [0.29, 0.717) is 35.4 Å². The number of carbonyl (C=O) groups is 2. The molecule has 3 aromatic carbocycles. The third-order valence-corrected chi connectivity index (χ3v) is 6.51. The Morgan fingerprint density at radius 1 is 0.972 bits per heavy atom. The van der Waals surface area contributed by atoms with Gasteiger partial charge in [-0.05, 0) is 61.6 Å². The van der Waals surface area contributed by atoms with Gasteiger partial charge in [-0.2, -0.15) is 0 Å². The van der Waals surface area contributed by atoms with Crippen LogP contribution < -0.4 is 15.8 Å². The first-order valence-electron chi connectivity index (χ1n) is 11.9. The number of para-hydroxylation sites is 2. The number of hydrogen-bond donors (Lipinski definition) is 2. The van der Waals surface area contributed by atoms with Crippen molar-refractivity contribution in [3.63, 3.8) is 0 Å². The normalized spacial score (nSPS) is 17.3. The van der Waals surface area contributed by atoms with E-state index in [4.69, 9.17) is 10.5 Å². The Balaban J connectivity index is 1.64. The summed E-state index contributed by atoms with van der Waals surface area (Å²) in [5.41, 5.74) is 7.62. The largest absolute Gasteiger partial charge is 0.496 e. The lowest BCUT2D eigenvalue weighted by atomic mass is 9.90. The third-order valence-electron chi connectivity index (χ3n) is 6.51. The molecule has 0 radical (unpaired) electrons. The number of nitrogens with zero attached hydrogens (tertiary/aromatic N) is 1. The summed E-state index contributed by atoms with van der Waals surface area (Å²) in [6.07, 6.45) is 2.86. The minimum Gasteiger partial charge on any atom is -0.496 e. The maximum Gasteiger partial charge on any atom is 0.259 e. The Morgan fingerprint density at radius 3 is 2.31 bits per heavy atom. The first-order valence-corrected chi connectivity index (χ1v) is 11.9. The highest BCUT2D eigenvalue weighted by atomic mass is 19.1. The summed E-state index contributed by atoms with van der Waals surface area (Å²) in [5, 5.41) is 2.92. The molecule has 0 aromatic heterocycles. The van der Waals surface area contributed by atoms with Crippen molar-refractivity contribution in [2.75, 3.05) is 12.4 Å². The van der Waals surface area contributed by atoms with E-state index in [2.05, 4.69) is 5.32 Å². The molecule has 0 spiro atoms. The summed E-state index contributed by atoms with van der Waals surface area (Å²) in [7, 11) is 1.49. The minimum absolute atomic E-state index is 0.0575. The molecule has 1 fully saturated rings. The van der Waals surface area contributed by atoms with Gasteiger partial charge in [0.15, 0.2) is 0 Å². The fourth-order valence-electron chi connectivity index (χ4n) is 4.61. The summed E-state index contributed by atoms with van der Waals surface area (Å²) >= 11 is 0. The van der Waals surface area contributed by atoms with E-state index < -0.39 is 17.5 Å². The number of nitrogens with two attached hydrogens (primary N) is 1. The molecule has 6 nitrogen and oxygen atoms in total. The van der Waals surface area contributed by atoms with E-state index in [1.54, 1.807) is 41.3 Å². The van der Waals surface area contributed by atoms with Gasteiger partial charge < -0.3 is 20.7 Å². The van der Waals surface area contributed by atoms with Crippen LogP contribution in [0, 0.1) is 11.6 Å². The predicted octanol–water partition coefficient (Wildman–Crippen LogP) is 5.14. The van der Waals surface area contributed by atoms with Crippen LogP contribution in [0.4, 0.5) is 14.5 Å². The molecule has 4 rings (SSSR count). The molecular formula is C28H29F2N3O3. The third kappa shape index (κ3) is 5.88. The lowest BCUT2D eigenvalue weighted by Gasteiger charge is -2.36. The van der Waals surface area contributed by atoms with Crippen LogP contribution >= 0.6 is 0 Å². The maximum absolute atomic E-state index is 13.9. The molecule has 188 valence electrons. The first-order chi connectivity index (χ1) is 17.4. The average molecular weight is 494 g/mol. The van der Waals surface area contributed by atoms with Crippen molar-refractivity contribution in [2.45, 2.75) is 44.3 Å². The topological polar surface area (TPSA) is 84.7 Å². The fourth-order valence-corrected chi connectivity index (χ4v) is 4.61. The highest BCUT2D eigenvalue weighted by Gasteiger charge is 2.30. The highest BCUT2D eigenvalue weighted by molar-refractivity contribution is 6.06. The van der Waals surface area contributed by atoms with E-state index in [1.807, 2.05) is 12.1 Å². The van der Waals surface area contributed by atoms with E-state index in [1.165, 1.54) is 7.11 Å². The number of ether oxygens (including phenoxy) is 1. The quantitative estimate of drug-likeness (QED) is 0.478. The molecule has 2 amide bonds. The van der Waals surface area contributed by atoms with Gasteiger partial charge in [-0.25, -0.2) is 8.78 Å². The van der Waals surface area contributed by atoms with Gasteiger partial charge in [0.1, 0.15) is 17.4 Å². The second-order valence-corrected chi connectivity index (χ2v) is 8.97. The number of rotatable bonds is 7. The van der Waals surface area contributed by atoms with Gasteiger partial charge >= 0.3 is 0 Å². The van der Waals surface area contributed by atoms with Crippen LogP contribution in [0.1, 0.15) is 52.0 Å². The standard InChI is InChI=1S/C28H29F2N3O3/c1-36-26-9-5-3-7-24(26)27(34)32-25-8-4-2-6-18(25)17-33(23-12-10-22(31)11-13-23)28(35)19-14-20(29)16-21(30)15-19/h2-9,14-16,22-23H,10-13,17,31H2,1H3,(H,32,34). The van der Waals surface area contributed by atoms with Crippen LogP contribution in [-0.2, 0) is 6.54 Å².